The predicted octanol–water partition coefficient (Wildman–Crippen LogP) is 0.982. The third-order valence-corrected chi connectivity index (χ3v) is 3.80. The van der Waals surface area contributed by atoms with Gasteiger partial charge in [0.25, 0.3) is 5.91 Å². The zero-order chi connectivity index (χ0) is 14.1. The molecule has 0 aliphatic carbocycles. The fraction of sp³-hybridized carbons (Fsp3) is 0.333. The Hall–Kier alpha value is -2.14. The van der Waals surface area contributed by atoms with Crippen LogP contribution in [0.5, 0.6) is 0 Å². The van der Waals surface area contributed by atoms with E-state index >= 15 is 0 Å². The molecule has 1 atom stereocenters. The number of hydrogen-bond donors (Lipinski definition) is 2. The summed E-state index contributed by atoms with van der Waals surface area (Å²) in [5.41, 5.74) is 0.828. The number of rotatable bonds is 2. The van der Waals surface area contributed by atoms with Crippen LogP contribution in [0.15, 0.2) is 35.1 Å². The van der Waals surface area contributed by atoms with Crippen molar-refractivity contribution in [1.82, 2.24) is 9.88 Å². The summed E-state index contributed by atoms with van der Waals surface area (Å²) in [6, 6.07) is 8.50. The average Bonchev–Trinajstić information content (AvgIpc) is 2.95. The maximum Gasteiger partial charge on any atom is 0.270 e. The second-order valence-electron chi connectivity index (χ2n) is 5.18. The molecule has 1 amide bonds. The van der Waals surface area contributed by atoms with Crippen LogP contribution in [0.1, 0.15) is 16.9 Å². The number of pyridine rings is 1. The molecule has 0 saturated carbocycles. The average molecular weight is 272 g/mol. The number of nitrogens with one attached hydrogen (secondary N) is 1. The minimum atomic E-state index is -0.177. The van der Waals surface area contributed by atoms with Crippen molar-refractivity contribution in [3.63, 3.8) is 0 Å². The van der Waals surface area contributed by atoms with Gasteiger partial charge in [-0.2, -0.15) is 0 Å². The first-order valence-corrected chi connectivity index (χ1v) is 6.71. The highest BCUT2D eigenvalue weighted by Crippen LogP contribution is 2.18. The van der Waals surface area contributed by atoms with E-state index in [9.17, 15) is 9.59 Å². The molecule has 1 unspecified atom stereocenters. The Labute approximate surface area is 115 Å². The molecule has 0 radical (unpaired) electrons. The molecule has 1 aliphatic heterocycles. The lowest BCUT2D eigenvalue weighted by Crippen LogP contribution is -2.30. The lowest BCUT2D eigenvalue weighted by Gasteiger charge is -2.16. The quantitative estimate of drug-likeness (QED) is 0.856. The fourth-order valence-corrected chi connectivity index (χ4v) is 2.65. The number of nitrogens with zero attached hydrogens (tertiary/aromatic N) is 1. The standard InChI is InChI=1S/C15H16N2O3/c18-9-10-5-6-17(8-10)15(20)13-7-14(19)11-3-1-2-4-12(11)16-13/h1-4,7,10,18H,5-6,8-9H2,(H,16,19). The van der Waals surface area contributed by atoms with E-state index in [4.69, 9.17) is 5.11 Å². The van der Waals surface area contributed by atoms with Gasteiger partial charge in [0.1, 0.15) is 5.69 Å². The first-order chi connectivity index (χ1) is 9.69. The van der Waals surface area contributed by atoms with E-state index in [-0.39, 0.29) is 23.9 Å². The Morgan fingerprint density at radius 1 is 1.40 bits per heavy atom. The van der Waals surface area contributed by atoms with Crippen LogP contribution >= 0.6 is 0 Å². The van der Waals surface area contributed by atoms with Crippen LogP contribution in [-0.4, -0.2) is 40.6 Å². The largest absolute Gasteiger partial charge is 0.396 e. The molecule has 1 aromatic carbocycles. The second kappa shape index (κ2) is 5.09. The molecule has 2 heterocycles. The number of aromatic nitrogens is 1. The molecule has 3 rings (SSSR count). The number of H-pyrrole nitrogens is 1. The molecule has 5 nitrogen and oxygen atoms in total. The predicted molar refractivity (Wildman–Crippen MR) is 75.7 cm³/mol. The number of benzene rings is 1. The van der Waals surface area contributed by atoms with E-state index in [0.717, 1.165) is 6.42 Å². The van der Waals surface area contributed by atoms with Crippen LogP contribution in [0.25, 0.3) is 10.9 Å². The van der Waals surface area contributed by atoms with Gasteiger partial charge in [-0.3, -0.25) is 9.59 Å². The van der Waals surface area contributed by atoms with Crippen LogP contribution in [0.2, 0.25) is 0 Å². The number of carbonyl (C=O) groups excluding carboxylic acids is 1. The molecule has 0 spiro atoms. The smallest absolute Gasteiger partial charge is 0.270 e. The SMILES string of the molecule is O=C(c1cc(=O)c2ccccc2[nH]1)N1CCC(CO)C1. The molecule has 1 aromatic heterocycles. The lowest BCUT2D eigenvalue weighted by molar-refractivity contribution is 0.0776. The zero-order valence-electron chi connectivity index (χ0n) is 11.0. The molecule has 20 heavy (non-hydrogen) atoms. The first-order valence-electron chi connectivity index (χ1n) is 6.71. The van der Waals surface area contributed by atoms with Crippen molar-refractivity contribution in [1.29, 1.82) is 0 Å². The number of fused-ring (bicyclic) bond motifs is 1. The normalized spacial score (nSPS) is 18.6. The fourth-order valence-electron chi connectivity index (χ4n) is 2.65. The molecule has 1 fully saturated rings. The summed E-state index contributed by atoms with van der Waals surface area (Å²) in [6.45, 7) is 1.27. The van der Waals surface area contributed by atoms with Gasteiger partial charge in [0.05, 0.1) is 0 Å². The van der Waals surface area contributed by atoms with Crippen molar-refractivity contribution in [2.75, 3.05) is 19.7 Å². The van der Waals surface area contributed by atoms with Gasteiger partial charge >= 0.3 is 0 Å². The number of carbonyl (C=O) groups is 1. The molecule has 1 saturated heterocycles. The zero-order valence-corrected chi connectivity index (χ0v) is 11.0. The summed E-state index contributed by atoms with van der Waals surface area (Å²) in [5.74, 6) is -0.0325. The Morgan fingerprint density at radius 3 is 2.95 bits per heavy atom. The topological polar surface area (TPSA) is 73.4 Å². The van der Waals surface area contributed by atoms with E-state index in [0.29, 0.717) is 29.7 Å². The van der Waals surface area contributed by atoms with Crippen LogP contribution in [0.4, 0.5) is 0 Å². The molecule has 1 aliphatic rings. The Bertz CT molecular complexity index is 708. The monoisotopic (exact) mass is 272 g/mol. The third kappa shape index (κ3) is 2.20. The van der Waals surface area contributed by atoms with Crippen molar-refractivity contribution in [3.05, 3.63) is 46.2 Å². The molecule has 0 bridgehead atoms. The van der Waals surface area contributed by atoms with Gasteiger partial charge in [-0.25, -0.2) is 0 Å². The first kappa shape index (κ1) is 12.9. The van der Waals surface area contributed by atoms with Crippen molar-refractivity contribution >= 4 is 16.8 Å². The van der Waals surface area contributed by atoms with Gasteiger partial charge < -0.3 is 15.0 Å². The van der Waals surface area contributed by atoms with E-state index in [1.54, 1.807) is 23.1 Å². The van der Waals surface area contributed by atoms with Crippen molar-refractivity contribution in [2.45, 2.75) is 6.42 Å². The minimum absolute atomic E-state index is 0.0953. The van der Waals surface area contributed by atoms with Gasteiger partial charge in [0.2, 0.25) is 0 Å². The van der Waals surface area contributed by atoms with Gasteiger partial charge in [-0.15, -0.1) is 0 Å². The third-order valence-electron chi connectivity index (χ3n) is 3.80. The number of para-hydroxylation sites is 1. The maximum absolute atomic E-state index is 12.4. The number of aliphatic hydroxyl groups is 1. The van der Waals surface area contributed by atoms with E-state index < -0.39 is 0 Å². The maximum atomic E-state index is 12.4. The number of hydrogen-bond acceptors (Lipinski definition) is 3. The van der Waals surface area contributed by atoms with Crippen LogP contribution in [0, 0.1) is 5.92 Å². The summed E-state index contributed by atoms with van der Waals surface area (Å²) in [6.07, 6.45) is 0.806. The minimum Gasteiger partial charge on any atom is -0.396 e. The molecule has 5 heteroatoms. The van der Waals surface area contributed by atoms with Gasteiger partial charge in [-0.1, -0.05) is 12.1 Å². The number of aliphatic hydroxyl groups excluding tert-OH is 1. The number of aromatic amines is 1. The van der Waals surface area contributed by atoms with Crippen molar-refractivity contribution in [3.8, 4) is 0 Å². The highest BCUT2D eigenvalue weighted by molar-refractivity contribution is 5.95. The number of amides is 1. The summed E-state index contributed by atoms with van der Waals surface area (Å²) >= 11 is 0. The molecule has 2 aromatic rings. The lowest BCUT2D eigenvalue weighted by atomic mass is 10.1. The number of likely N-dealkylation sites (tertiary alicyclic amines) is 1. The van der Waals surface area contributed by atoms with Gasteiger partial charge in [-0.05, 0) is 18.6 Å². The molecule has 104 valence electrons. The van der Waals surface area contributed by atoms with E-state index in [1.165, 1.54) is 6.07 Å². The summed E-state index contributed by atoms with van der Waals surface area (Å²) in [7, 11) is 0. The van der Waals surface area contributed by atoms with Crippen molar-refractivity contribution < 1.29 is 9.90 Å². The Balaban J connectivity index is 1.94. The molecular formula is C15H16N2O3. The Morgan fingerprint density at radius 2 is 2.20 bits per heavy atom. The van der Waals surface area contributed by atoms with Crippen LogP contribution in [0.3, 0.4) is 0 Å². The van der Waals surface area contributed by atoms with Gasteiger partial charge in [0, 0.05) is 42.6 Å². The summed E-state index contributed by atoms with van der Waals surface area (Å²) < 4.78 is 0. The van der Waals surface area contributed by atoms with E-state index in [2.05, 4.69) is 4.98 Å². The van der Waals surface area contributed by atoms with Gasteiger partial charge in [0.15, 0.2) is 5.43 Å². The highest BCUT2D eigenvalue weighted by atomic mass is 16.3. The van der Waals surface area contributed by atoms with Crippen molar-refractivity contribution in [2.24, 2.45) is 5.92 Å². The summed E-state index contributed by atoms with van der Waals surface area (Å²) in [4.78, 5) is 29.1. The van der Waals surface area contributed by atoms with Crippen LogP contribution < -0.4 is 5.43 Å². The molecular weight excluding hydrogens is 256 g/mol. The van der Waals surface area contributed by atoms with Crippen LogP contribution in [-0.2, 0) is 0 Å². The summed E-state index contributed by atoms with van der Waals surface area (Å²) in [5, 5.41) is 9.71. The Kier molecular flexibility index (Phi) is 3.28. The molecule has 2 N–H and O–H groups in total. The van der Waals surface area contributed by atoms with E-state index in [1.807, 2.05) is 6.07 Å². The second-order valence-corrected chi connectivity index (χ2v) is 5.18. The highest BCUT2D eigenvalue weighted by Gasteiger charge is 2.27.